The first-order valence-electron chi connectivity index (χ1n) is 14.9. The molecule has 1 atom stereocenters. The standard InChI is InChI=1S/C35H38ClN3O4/c1-3-43-35(42)33-24(2)39(32(40)21-31(33)27-13-15-29(36)16-14-27)23-26-9-11-28(12-10-26)34(41)37-30-17-19-38(20-18-30)22-25-7-5-4-6-8-25/h4-16,30-31H,3,17-23H2,1-2H3,(H,37,41). The molecule has 1 N–H and O–H groups in total. The van der Waals surface area contributed by atoms with Crippen LogP contribution in [0.3, 0.4) is 0 Å². The van der Waals surface area contributed by atoms with Gasteiger partial charge >= 0.3 is 5.97 Å². The molecule has 8 heteroatoms. The number of hydrogen-bond acceptors (Lipinski definition) is 5. The lowest BCUT2D eigenvalue weighted by atomic mass is 9.83. The molecule has 0 radical (unpaired) electrons. The predicted octanol–water partition coefficient (Wildman–Crippen LogP) is 6.09. The number of nitrogens with zero attached hydrogens (tertiary/aromatic N) is 2. The molecule has 2 heterocycles. The third-order valence-electron chi connectivity index (χ3n) is 8.32. The van der Waals surface area contributed by atoms with E-state index in [4.69, 9.17) is 16.3 Å². The average Bonchev–Trinajstić information content (AvgIpc) is 3.01. The Labute approximate surface area is 258 Å². The fraction of sp³-hybridized carbons (Fsp3) is 0.343. The van der Waals surface area contributed by atoms with E-state index in [0.717, 1.165) is 43.6 Å². The Kier molecular flexibility index (Phi) is 9.95. The summed E-state index contributed by atoms with van der Waals surface area (Å²) in [5.41, 5.74) is 4.66. The van der Waals surface area contributed by atoms with Crippen LogP contribution >= 0.6 is 11.6 Å². The summed E-state index contributed by atoms with van der Waals surface area (Å²) in [6.45, 7) is 6.92. The van der Waals surface area contributed by atoms with Gasteiger partial charge in [-0.05, 0) is 67.6 Å². The van der Waals surface area contributed by atoms with E-state index in [1.54, 1.807) is 43.0 Å². The van der Waals surface area contributed by atoms with Crippen molar-refractivity contribution < 1.29 is 19.1 Å². The van der Waals surface area contributed by atoms with Gasteiger partial charge in [-0.25, -0.2) is 4.79 Å². The number of benzene rings is 3. The summed E-state index contributed by atoms with van der Waals surface area (Å²) in [6, 6.07) is 25.1. The van der Waals surface area contributed by atoms with Crippen LogP contribution in [0.1, 0.15) is 66.1 Å². The van der Waals surface area contributed by atoms with Gasteiger partial charge in [0.1, 0.15) is 0 Å². The van der Waals surface area contributed by atoms with Gasteiger partial charge in [-0.2, -0.15) is 0 Å². The monoisotopic (exact) mass is 599 g/mol. The van der Waals surface area contributed by atoms with Gasteiger partial charge in [-0.15, -0.1) is 0 Å². The third-order valence-corrected chi connectivity index (χ3v) is 8.57. The molecule has 3 aromatic carbocycles. The Morgan fingerprint density at radius 2 is 1.56 bits per heavy atom. The molecule has 2 aliphatic rings. The first-order valence-corrected chi connectivity index (χ1v) is 15.3. The second kappa shape index (κ2) is 14.0. The molecule has 5 rings (SSSR count). The number of hydrogen-bond donors (Lipinski definition) is 1. The van der Waals surface area contributed by atoms with Crippen molar-refractivity contribution in [2.24, 2.45) is 0 Å². The zero-order valence-corrected chi connectivity index (χ0v) is 25.5. The summed E-state index contributed by atoms with van der Waals surface area (Å²) in [5.74, 6) is -0.994. The first kappa shape index (κ1) is 30.5. The van der Waals surface area contributed by atoms with Gasteiger partial charge in [0.2, 0.25) is 5.91 Å². The maximum Gasteiger partial charge on any atom is 0.336 e. The molecule has 2 amide bonds. The maximum absolute atomic E-state index is 13.4. The fourth-order valence-electron chi connectivity index (χ4n) is 5.95. The van der Waals surface area contributed by atoms with Gasteiger partial charge in [0, 0.05) is 54.3 Å². The molecule has 0 spiro atoms. The predicted molar refractivity (Wildman–Crippen MR) is 167 cm³/mol. The molecular weight excluding hydrogens is 562 g/mol. The Morgan fingerprint density at radius 3 is 2.21 bits per heavy atom. The van der Waals surface area contributed by atoms with Crippen molar-refractivity contribution in [3.63, 3.8) is 0 Å². The highest BCUT2D eigenvalue weighted by Crippen LogP contribution is 2.38. The smallest absolute Gasteiger partial charge is 0.336 e. The number of nitrogens with one attached hydrogen (secondary N) is 1. The van der Waals surface area contributed by atoms with Crippen molar-refractivity contribution in [2.75, 3.05) is 19.7 Å². The Bertz CT molecular complexity index is 1460. The quantitative estimate of drug-likeness (QED) is 0.301. The summed E-state index contributed by atoms with van der Waals surface area (Å²) < 4.78 is 5.39. The summed E-state index contributed by atoms with van der Waals surface area (Å²) in [5, 5.41) is 3.78. The molecule has 0 saturated carbocycles. The molecule has 1 fully saturated rings. The summed E-state index contributed by atoms with van der Waals surface area (Å²) in [7, 11) is 0. The van der Waals surface area contributed by atoms with E-state index in [-0.39, 0.29) is 30.9 Å². The van der Waals surface area contributed by atoms with E-state index < -0.39 is 11.9 Å². The van der Waals surface area contributed by atoms with Gasteiger partial charge in [0.25, 0.3) is 5.91 Å². The molecule has 3 aromatic rings. The number of rotatable bonds is 9. The molecule has 43 heavy (non-hydrogen) atoms. The second-order valence-electron chi connectivity index (χ2n) is 11.2. The van der Waals surface area contributed by atoms with Crippen LogP contribution in [0.25, 0.3) is 0 Å². The van der Waals surface area contributed by atoms with Crippen molar-refractivity contribution in [3.05, 3.63) is 117 Å². The summed E-state index contributed by atoms with van der Waals surface area (Å²) >= 11 is 6.07. The van der Waals surface area contributed by atoms with Gasteiger partial charge < -0.3 is 15.0 Å². The van der Waals surface area contributed by atoms with Crippen LogP contribution in [0.4, 0.5) is 0 Å². The highest BCUT2D eigenvalue weighted by Gasteiger charge is 2.37. The number of carbonyl (C=O) groups is 3. The zero-order valence-electron chi connectivity index (χ0n) is 24.7. The van der Waals surface area contributed by atoms with Crippen LogP contribution in [0.5, 0.6) is 0 Å². The van der Waals surface area contributed by atoms with E-state index in [0.29, 0.717) is 28.4 Å². The molecule has 1 saturated heterocycles. The van der Waals surface area contributed by atoms with E-state index in [1.165, 1.54) is 5.56 Å². The highest BCUT2D eigenvalue weighted by atomic mass is 35.5. The van der Waals surface area contributed by atoms with Crippen molar-refractivity contribution in [1.82, 2.24) is 15.1 Å². The van der Waals surface area contributed by atoms with Crippen molar-refractivity contribution in [1.29, 1.82) is 0 Å². The average molecular weight is 600 g/mol. The number of allylic oxidation sites excluding steroid dienone is 1. The fourth-order valence-corrected chi connectivity index (χ4v) is 6.07. The Hall–Kier alpha value is -3.94. The number of piperidine rings is 1. The molecule has 224 valence electrons. The van der Waals surface area contributed by atoms with Crippen LogP contribution in [0, 0.1) is 0 Å². The van der Waals surface area contributed by atoms with Crippen molar-refractivity contribution in [3.8, 4) is 0 Å². The number of carbonyl (C=O) groups excluding carboxylic acids is 3. The number of ether oxygens (including phenoxy) is 1. The summed E-state index contributed by atoms with van der Waals surface area (Å²) in [4.78, 5) is 43.5. The number of likely N-dealkylation sites (tertiary alicyclic amines) is 1. The van der Waals surface area contributed by atoms with Crippen LogP contribution in [0.2, 0.25) is 5.02 Å². The van der Waals surface area contributed by atoms with Crippen molar-refractivity contribution >= 4 is 29.4 Å². The molecule has 0 aliphatic carbocycles. The maximum atomic E-state index is 13.4. The van der Waals surface area contributed by atoms with Gasteiger partial charge in [0.05, 0.1) is 18.7 Å². The molecule has 1 unspecified atom stereocenters. The van der Waals surface area contributed by atoms with Crippen LogP contribution in [-0.4, -0.2) is 53.3 Å². The number of amides is 2. The lowest BCUT2D eigenvalue weighted by molar-refractivity contribution is -0.140. The van der Waals surface area contributed by atoms with E-state index in [1.807, 2.05) is 30.3 Å². The van der Waals surface area contributed by atoms with Gasteiger partial charge in [-0.3, -0.25) is 14.5 Å². The SMILES string of the molecule is CCOC(=O)C1=C(C)N(Cc2ccc(C(=O)NC3CCN(Cc4ccccc4)CC3)cc2)C(=O)CC1c1ccc(Cl)cc1. The Morgan fingerprint density at radius 1 is 0.907 bits per heavy atom. The topological polar surface area (TPSA) is 79.0 Å². The largest absolute Gasteiger partial charge is 0.463 e. The van der Waals surface area contributed by atoms with E-state index >= 15 is 0 Å². The molecule has 0 bridgehead atoms. The van der Waals surface area contributed by atoms with E-state index in [9.17, 15) is 14.4 Å². The molecule has 7 nitrogen and oxygen atoms in total. The first-order chi connectivity index (χ1) is 20.8. The van der Waals surface area contributed by atoms with Crippen molar-refractivity contribution in [2.45, 2.75) is 58.2 Å². The van der Waals surface area contributed by atoms with Crippen LogP contribution in [0.15, 0.2) is 90.1 Å². The molecular formula is C35H38ClN3O4. The third kappa shape index (κ3) is 7.53. The zero-order chi connectivity index (χ0) is 30.3. The normalized spacial score (nSPS) is 18.1. The number of halogens is 1. The molecule has 2 aliphatic heterocycles. The number of esters is 1. The lowest BCUT2D eigenvalue weighted by Crippen LogP contribution is -2.44. The van der Waals surface area contributed by atoms with Crippen LogP contribution in [-0.2, 0) is 27.4 Å². The van der Waals surface area contributed by atoms with Crippen LogP contribution < -0.4 is 5.32 Å². The van der Waals surface area contributed by atoms with Gasteiger partial charge in [-0.1, -0.05) is 66.2 Å². The summed E-state index contributed by atoms with van der Waals surface area (Å²) in [6.07, 6.45) is 1.98. The minimum atomic E-state index is -0.421. The minimum absolute atomic E-state index is 0.0778. The minimum Gasteiger partial charge on any atom is -0.463 e. The van der Waals surface area contributed by atoms with Gasteiger partial charge in [0.15, 0.2) is 0 Å². The van der Waals surface area contributed by atoms with E-state index in [2.05, 4.69) is 34.5 Å². The highest BCUT2D eigenvalue weighted by molar-refractivity contribution is 6.30. The molecule has 0 aromatic heterocycles. The second-order valence-corrected chi connectivity index (χ2v) is 11.7. The Balaban J connectivity index is 1.22. The lowest BCUT2D eigenvalue weighted by Gasteiger charge is -2.34.